The summed E-state index contributed by atoms with van der Waals surface area (Å²) < 4.78 is 1.02. The van der Waals surface area contributed by atoms with Crippen LogP contribution in [-0.2, 0) is 6.42 Å². The van der Waals surface area contributed by atoms with Crippen LogP contribution in [0.2, 0.25) is 0 Å². The molecule has 27 heavy (non-hydrogen) atoms. The Morgan fingerprint density at radius 1 is 0.852 bits per heavy atom. The molecule has 0 aliphatic carbocycles. The van der Waals surface area contributed by atoms with Gasteiger partial charge in [-0.3, -0.25) is 5.43 Å². The Bertz CT molecular complexity index is 1090. The molecule has 0 unspecified atom stereocenters. The molecule has 0 saturated heterocycles. The van der Waals surface area contributed by atoms with Crippen molar-refractivity contribution in [1.29, 1.82) is 0 Å². The fraction of sp³-hybridized carbons (Fsp3) is 0.0455. The highest BCUT2D eigenvalue weighted by molar-refractivity contribution is 9.10. The third-order valence-electron chi connectivity index (χ3n) is 4.09. The van der Waals surface area contributed by atoms with E-state index in [9.17, 15) is 0 Å². The Kier molecular flexibility index (Phi) is 5.21. The highest BCUT2D eigenvalue weighted by atomic mass is 79.9. The SMILES string of the molecule is Brc1cccc(/C=N/Nc2nc3ccccc3nc2Cc2ccccc2)c1. The number of aromatic nitrogens is 2. The molecule has 4 nitrogen and oxygen atoms in total. The molecule has 1 heterocycles. The van der Waals surface area contributed by atoms with Crippen LogP contribution in [0.5, 0.6) is 0 Å². The molecular weight excluding hydrogens is 400 g/mol. The second-order valence-electron chi connectivity index (χ2n) is 6.10. The Labute approximate surface area is 166 Å². The van der Waals surface area contributed by atoms with Gasteiger partial charge in [-0.2, -0.15) is 5.10 Å². The summed E-state index contributed by atoms with van der Waals surface area (Å²) in [6.45, 7) is 0. The molecule has 0 radical (unpaired) electrons. The number of hydrazone groups is 1. The summed E-state index contributed by atoms with van der Waals surface area (Å²) >= 11 is 3.47. The zero-order chi connectivity index (χ0) is 18.5. The van der Waals surface area contributed by atoms with E-state index in [1.165, 1.54) is 5.56 Å². The van der Waals surface area contributed by atoms with E-state index in [1.54, 1.807) is 6.21 Å². The Morgan fingerprint density at radius 2 is 1.59 bits per heavy atom. The molecule has 0 saturated carbocycles. The van der Waals surface area contributed by atoms with Gasteiger partial charge in [-0.15, -0.1) is 0 Å². The molecule has 0 spiro atoms. The second kappa shape index (κ2) is 8.10. The van der Waals surface area contributed by atoms with Crippen LogP contribution in [0.4, 0.5) is 5.82 Å². The summed E-state index contributed by atoms with van der Waals surface area (Å²) in [5.41, 5.74) is 7.84. The van der Waals surface area contributed by atoms with Crippen LogP contribution < -0.4 is 5.43 Å². The van der Waals surface area contributed by atoms with Crippen molar-refractivity contribution in [2.24, 2.45) is 5.10 Å². The third kappa shape index (κ3) is 4.38. The number of halogens is 1. The standard InChI is InChI=1S/C22H17BrN4/c23-18-10-6-9-17(13-18)15-24-27-22-21(14-16-7-2-1-3-8-16)25-19-11-4-5-12-20(19)26-22/h1-13,15H,14H2,(H,26,27)/b24-15+. The number of nitrogens with one attached hydrogen (secondary N) is 1. The first kappa shape index (κ1) is 17.4. The van der Waals surface area contributed by atoms with E-state index in [-0.39, 0.29) is 0 Å². The van der Waals surface area contributed by atoms with Crippen molar-refractivity contribution in [3.05, 3.63) is 100 Å². The minimum absolute atomic E-state index is 0.670. The van der Waals surface area contributed by atoms with Crippen LogP contribution in [-0.4, -0.2) is 16.2 Å². The molecule has 5 heteroatoms. The Hall–Kier alpha value is -3.05. The predicted octanol–water partition coefficient (Wildman–Crippen LogP) is 5.43. The summed E-state index contributed by atoms with van der Waals surface area (Å²) in [4.78, 5) is 9.53. The fourth-order valence-electron chi connectivity index (χ4n) is 2.79. The minimum Gasteiger partial charge on any atom is -0.260 e. The van der Waals surface area contributed by atoms with Gasteiger partial charge in [-0.05, 0) is 35.4 Å². The predicted molar refractivity (Wildman–Crippen MR) is 114 cm³/mol. The van der Waals surface area contributed by atoms with Crippen molar-refractivity contribution in [2.75, 3.05) is 5.43 Å². The van der Waals surface area contributed by atoms with Crippen molar-refractivity contribution in [3.63, 3.8) is 0 Å². The molecule has 3 aromatic carbocycles. The lowest BCUT2D eigenvalue weighted by Gasteiger charge is -2.09. The smallest absolute Gasteiger partial charge is 0.169 e. The van der Waals surface area contributed by atoms with Gasteiger partial charge in [-0.1, -0.05) is 70.5 Å². The van der Waals surface area contributed by atoms with E-state index >= 15 is 0 Å². The summed E-state index contributed by atoms with van der Waals surface area (Å²) in [5.74, 6) is 0.670. The largest absolute Gasteiger partial charge is 0.260 e. The monoisotopic (exact) mass is 416 g/mol. The van der Waals surface area contributed by atoms with Crippen LogP contribution in [0.15, 0.2) is 88.4 Å². The van der Waals surface area contributed by atoms with Crippen molar-refractivity contribution in [1.82, 2.24) is 9.97 Å². The summed E-state index contributed by atoms with van der Waals surface area (Å²) in [7, 11) is 0. The number of hydrogen-bond acceptors (Lipinski definition) is 4. The van der Waals surface area contributed by atoms with Crippen molar-refractivity contribution >= 4 is 39.0 Å². The minimum atomic E-state index is 0.670. The second-order valence-corrected chi connectivity index (χ2v) is 7.01. The first-order chi connectivity index (χ1) is 13.3. The van der Waals surface area contributed by atoms with Crippen molar-refractivity contribution < 1.29 is 0 Å². The first-order valence-electron chi connectivity index (χ1n) is 8.62. The molecule has 4 rings (SSSR count). The quantitative estimate of drug-likeness (QED) is 0.348. The van der Waals surface area contributed by atoms with E-state index in [0.29, 0.717) is 12.2 Å². The number of anilines is 1. The molecule has 132 valence electrons. The van der Waals surface area contributed by atoms with Gasteiger partial charge in [0.1, 0.15) is 0 Å². The normalized spacial score (nSPS) is 11.1. The van der Waals surface area contributed by atoms with Crippen LogP contribution >= 0.6 is 15.9 Å². The molecule has 0 aliphatic heterocycles. The number of benzene rings is 3. The molecule has 0 amide bonds. The lowest BCUT2D eigenvalue weighted by molar-refractivity contribution is 1.06. The van der Waals surface area contributed by atoms with Gasteiger partial charge in [-0.25, -0.2) is 9.97 Å². The number of para-hydroxylation sites is 2. The van der Waals surface area contributed by atoms with E-state index in [4.69, 9.17) is 9.97 Å². The van der Waals surface area contributed by atoms with Gasteiger partial charge in [0, 0.05) is 10.9 Å². The van der Waals surface area contributed by atoms with E-state index in [0.717, 1.165) is 26.8 Å². The van der Waals surface area contributed by atoms with Gasteiger partial charge >= 0.3 is 0 Å². The first-order valence-corrected chi connectivity index (χ1v) is 9.41. The van der Waals surface area contributed by atoms with Crippen LogP contribution in [0.25, 0.3) is 11.0 Å². The average molecular weight is 417 g/mol. The number of fused-ring (bicyclic) bond motifs is 1. The summed E-state index contributed by atoms with van der Waals surface area (Å²) in [6.07, 6.45) is 2.46. The lowest BCUT2D eigenvalue weighted by atomic mass is 10.1. The lowest BCUT2D eigenvalue weighted by Crippen LogP contribution is -2.03. The van der Waals surface area contributed by atoms with E-state index < -0.39 is 0 Å². The van der Waals surface area contributed by atoms with Gasteiger partial charge < -0.3 is 0 Å². The molecular formula is C22H17BrN4. The van der Waals surface area contributed by atoms with Crippen molar-refractivity contribution in [3.8, 4) is 0 Å². The van der Waals surface area contributed by atoms with Gasteiger partial charge in [0.25, 0.3) is 0 Å². The molecule has 0 bridgehead atoms. The number of hydrogen-bond donors (Lipinski definition) is 1. The summed E-state index contributed by atoms with van der Waals surface area (Å²) in [5, 5.41) is 4.36. The molecule has 0 aliphatic rings. The van der Waals surface area contributed by atoms with E-state index in [2.05, 4.69) is 38.6 Å². The topological polar surface area (TPSA) is 50.2 Å². The van der Waals surface area contributed by atoms with Gasteiger partial charge in [0.05, 0.1) is 22.9 Å². The van der Waals surface area contributed by atoms with Gasteiger partial charge in [0.2, 0.25) is 0 Å². The van der Waals surface area contributed by atoms with Crippen LogP contribution in [0.1, 0.15) is 16.8 Å². The zero-order valence-corrected chi connectivity index (χ0v) is 16.1. The average Bonchev–Trinajstić information content (AvgIpc) is 2.69. The van der Waals surface area contributed by atoms with Gasteiger partial charge in [0.15, 0.2) is 5.82 Å². The number of rotatable bonds is 5. The van der Waals surface area contributed by atoms with Crippen molar-refractivity contribution in [2.45, 2.75) is 6.42 Å². The fourth-order valence-corrected chi connectivity index (χ4v) is 3.21. The molecule has 0 atom stereocenters. The van der Waals surface area contributed by atoms with E-state index in [1.807, 2.05) is 66.7 Å². The maximum Gasteiger partial charge on any atom is 0.169 e. The molecule has 0 fully saturated rings. The zero-order valence-electron chi connectivity index (χ0n) is 14.5. The van der Waals surface area contributed by atoms with Crippen LogP contribution in [0.3, 0.4) is 0 Å². The van der Waals surface area contributed by atoms with Crippen LogP contribution in [0, 0.1) is 0 Å². The molecule has 1 N–H and O–H groups in total. The highest BCUT2D eigenvalue weighted by Gasteiger charge is 2.09. The summed E-state index contributed by atoms with van der Waals surface area (Å²) in [6, 6.07) is 26.1. The maximum absolute atomic E-state index is 4.80. The molecule has 1 aromatic heterocycles. The highest BCUT2D eigenvalue weighted by Crippen LogP contribution is 2.20. The Balaban J connectivity index is 1.65. The number of nitrogens with zero attached hydrogens (tertiary/aromatic N) is 3. The third-order valence-corrected chi connectivity index (χ3v) is 4.58. The molecule has 4 aromatic rings. The maximum atomic E-state index is 4.80. The Morgan fingerprint density at radius 3 is 2.37 bits per heavy atom.